The first-order valence-corrected chi connectivity index (χ1v) is 10.5. The van der Waals surface area contributed by atoms with Crippen molar-refractivity contribution < 1.29 is 4.79 Å². The van der Waals surface area contributed by atoms with Crippen LogP contribution in [-0.4, -0.2) is 62.0 Å². The van der Waals surface area contributed by atoms with Crippen LogP contribution in [-0.2, 0) is 6.42 Å². The van der Waals surface area contributed by atoms with E-state index in [1.54, 1.807) is 0 Å². The topological polar surface area (TPSA) is 35.6 Å². The van der Waals surface area contributed by atoms with Gasteiger partial charge in [0.2, 0.25) is 0 Å². The van der Waals surface area contributed by atoms with Crippen LogP contribution in [0.1, 0.15) is 54.4 Å². The predicted octanol–water partition coefficient (Wildman–Crippen LogP) is 3.18. The zero-order valence-corrected chi connectivity index (χ0v) is 16.4. The first kappa shape index (κ1) is 19.4. The van der Waals surface area contributed by atoms with Crippen molar-refractivity contribution in [2.75, 3.05) is 46.3 Å². The molecule has 0 bridgehead atoms. The maximum Gasteiger partial charge on any atom is 0.251 e. The number of piperidine rings is 2. The van der Waals surface area contributed by atoms with Gasteiger partial charge in [-0.25, -0.2) is 0 Å². The van der Waals surface area contributed by atoms with Gasteiger partial charge in [0.25, 0.3) is 5.91 Å². The van der Waals surface area contributed by atoms with Gasteiger partial charge in [-0.1, -0.05) is 18.6 Å². The smallest absolute Gasteiger partial charge is 0.251 e. The zero-order valence-electron chi connectivity index (χ0n) is 16.4. The van der Waals surface area contributed by atoms with E-state index >= 15 is 0 Å². The molecule has 1 amide bonds. The highest BCUT2D eigenvalue weighted by Crippen LogP contribution is 2.21. The molecule has 0 unspecified atom stereocenters. The molecule has 144 valence electrons. The van der Waals surface area contributed by atoms with Crippen molar-refractivity contribution >= 4 is 5.91 Å². The van der Waals surface area contributed by atoms with E-state index in [9.17, 15) is 4.79 Å². The molecular formula is C22H35N3O. The molecule has 4 nitrogen and oxygen atoms in total. The zero-order chi connectivity index (χ0) is 18.2. The number of hydrogen-bond acceptors (Lipinski definition) is 3. The van der Waals surface area contributed by atoms with Crippen LogP contribution in [0.3, 0.4) is 0 Å². The number of nitrogens with one attached hydrogen (secondary N) is 1. The van der Waals surface area contributed by atoms with Gasteiger partial charge in [-0.05, 0) is 102 Å². The number of benzene rings is 1. The minimum absolute atomic E-state index is 0.0643. The van der Waals surface area contributed by atoms with Crippen LogP contribution in [0.15, 0.2) is 24.3 Å². The lowest BCUT2D eigenvalue weighted by molar-refractivity contribution is 0.0951. The molecule has 2 aliphatic rings. The van der Waals surface area contributed by atoms with E-state index in [1.807, 2.05) is 12.1 Å². The Morgan fingerprint density at radius 2 is 1.73 bits per heavy atom. The van der Waals surface area contributed by atoms with Crippen molar-refractivity contribution in [2.24, 2.45) is 5.92 Å². The summed E-state index contributed by atoms with van der Waals surface area (Å²) in [6, 6.07) is 8.26. The number of carbonyl (C=O) groups excluding carboxylic acids is 1. The molecule has 2 saturated heterocycles. The fourth-order valence-corrected chi connectivity index (χ4v) is 4.18. The van der Waals surface area contributed by atoms with Crippen molar-refractivity contribution in [3.05, 3.63) is 35.4 Å². The van der Waals surface area contributed by atoms with Gasteiger partial charge in [-0.2, -0.15) is 0 Å². The maximum atomic E-state index is 12.3. The van der Waals surface area contributed by atoms with Crippen LogP contribution in [0.25, 0.3) is 0 Å². The first-order chi connectivity index (χ1) is 12.7. The number of amides is 1. The molecule has 0 aromatic heterocycles. The Balaban J connectivity index is 1.36. The minimum atomic E-state index is 0.0643. The number of rotatable bonds is 7. The van der Waals surface area contributed by atoms with Gasteiger partial charge in [0, 0.05) is 12.1 Å². The van der Waals surface area contributed by atoms with Crippen LogP contribution >= 0.6 is 0 Å². The van der Waals surface area contributed by atoms with Crippen molar-refractivity contribution in [3.8, 4) is 0 Å². The van der Waals surface area contributed by atoms with E-state index in [0.29, 0.717) is 0 Å². The van der Waals surface area contributed by atoms with Crippen LogP contribution in [0.5, 0.6) is 0 Å². The SMILES string of the molecule is CN1CCC(Cc2ccc(C(=O)NCCCN3CCCCC3)cc2)CC1. The average Bonchev–Trinajstić information content (AvgIpc) is 2.68. The van der Waals surface area contributed by atoms with Crippen molar-refractivity contribution in [2.45, 2.75) is 44.9 Å². The number of likely N-dealkylation sites (tertiary alicyclic amines) is 2. The third-order valence-electron chi connectivity index (χ3n) is 5.96. The average molecular weight is 358 g/mol. The van der Waals surface area contributed by atoms with Crippen LogP contribution in [0, 0.1) is 5.92 Å². The molecule has 1 aromatic rings. The second-order valence-corrected chi connectivity index (χ2v) is 8.16. The normalized spacial score (nSPS) is 20.2. The van der Waals surface area contributed by atoms with Gasteiger partial charge in [0.15, 0.2) is 0 Å². The molecule has 2 heterocycles. The predicted molar refractivity (Wildman–Crippen MR) is 108 cm³/mol. The monoisotopic (exact) mass is 357 g/mol. The lowest BCUT2D eigenvalue weighted by atomic mass is 9.90. The second-order valence-electron chi connectivity index (χ2n) is 8.16. The Morgan fingerprint density at radius 1 is 1.04 bits per heavy atom. The third kappa shape index (κ3) is 6.10. The molecule has 4 heteroatoms. The fraction of sp³-hybridized carbons (Fsp3) is 0.682. The lowest BCUT2D eigenvalue weighted by Crippen LogP contribution is -2.33. The van der Waals surface area contributed by atoms with Crippen molar-refractivity contribution in [1.82, 2.24) is 15.1 Å². The summed E-state index contributed by atoms with van der Waals surface area (Å²) < 4.78 is 0. The van der Waals surface area contributed by atoms with E-state index in [-0.39, 0.29) is 5.91 Å². The molecule has 2 aliphatic heterocycles. The Labute approximate surface area is 158 Å². The number of hydrogen-bond donors (Lipinski definition) is 1. The van der Waals surface area contributed by atoms with Crippen LogP contribution in [0.4, 0.5) is 0 Å². The molecule has 0 atom stereocenters. The molecule has 0 spiro atoms. The lowest BCUT2D eigenvalue weighted by Gasteiger charge is -2.28. The Bertz CT molecular complexity index is 543. The Kier molecular flexibility index (Phi) is 7.51. The van der Waals surface area contributed by atoms with E-state index < -0.39 is 0 Å². The Hall–Kier alpha value is -1.39. The summed E-state index contributed by atoms with van der Waals surface area (Å²) in [5.74, 6) is 0.857. The molecular weight excluding hydrogens is 322 g/mol. The standard InChI is InChI=1S/C22H35N3O/c1-24-16-10-20(11-17-24)18-19-6-8-21(9-7-19)22(26)23-12-5-15-25-13-3-2-4-14-25/h6-9,20H,2-5,10-18H2,1H3,(H,23,26). The third-order valence-corrected chi connectivity index (χ3v) is 5.96. The molecule has 2 fully saturated rings. The van der Waals surface area contributed by atoms with E-state index in [0.717, 1.165) is 37.4 Å². The minimum Gasteiger partial charge on any atom is -0.352 e. The van der Waals surface area contributed by atoms with Crippen LogP contribution in [0.2, 0.25) is 0 Å². The van der Waals surface area contributed by atoms with Crippen LogP contribution < -0.4 is 5.32 Å². The second kappa shape index (κ2) is 10.1. The van der Waals surface area contributed by atoms with E-state index in [4.69, 9.17) is 0 Å². The first-order valence-electron chi connectivity index (χ1n) is 10.5. The molecule has 0 aliphatic carbocycles. The van der Waals surface area contributed by atoms with E-state index in [2.05, 4.69) is 34.3 Å². The molecule has 0 saturated carbocycles. The highest BCUT2D eigenvalue weighted by Gasteiger charge is 2.17. The molecule has 1 aromatic carbocycles. The van der Waals surface area contributed by atoms with E-state index in [1.165, 1.54) is 63.8 Å². The summed E-state index contributed by atoms with van der Waals surface area (Å²) in [6.07, 6.45) is 8.80. The molecule has 1 N–H and O–H groups in total. The summed E-state index contributed by atoms with van der Waals surface area (Å²) in [5, 5.41) is 3.07. The Morgan fingerprint density at radius 3 is 2.42 bits per heavy atom. The van der Waals surface area contributed by atoms with Gasteiger partial charge in [-0.15, -0.1) is 0 Å². The highest BCUT2D eigenvalue weighted by molar-refractivity contribution is 5.94. The number of carbonyl (C=O) groups is 1. The summed E-state index contributed by atoms with van der Waals surface area (Å²) in [7, 11) is 2.20. The summed E-state index contributed by atoms with van der Waals surface area (Å²) in [5.41, 5.74) is 2.15. The van der Waals surface area contributed by atoms with Gasteiger partial charge in [0.05, 0.1) is 0 Å². The number of nitrogens with zero attached hydrogens (tertiary/aromatic N) is 2. The molecule has 26 heavy (non-hydrogen) atoms. The van der Waals surface area contributed by atoms with Gasteiger partial charge >= 0.3 is 0 Å². The highest BCUT2D eigenvalue weighted by atomic mass is 16.1. The van der Waals surface area contributed by atoms with Crippen molar-refractivity contribution in [3.63, 3.8) is 0 Å². The molecule has 0 radical (unpaired) electrons. The summed E-state index contributed by atoms with van der Waals surface area (Å²) in [6.45, 7) is 6.76. The summed E-state index contributed by atoms with van der Waals surface area (Å²) >= 11 is 0. The van der Waals surface area contributed by atoms with Gasteiger partial charge in [-0.3, -0.25) is 4.79 Å². The maximum absolute atomic E-state index is 12.3. The quantitative estimate of drug-likeness (QED) is 0.762. The largest absolute Gasteiger partial charge is 0.352 e. The fourth-order valence-electron chi connectivity index (χ4n) is 4.18. The summed E-state index contributed by atoms with van der Waals surface area (Å²) in [4.78, 5) is 17.2. The molecule has 3 rings (SSSR count). The van der Waals surface area contributed by atoms with Gasteiger partial charge in [0.1, 0.15) is 0 Å². The van der Waals surface area contributed by atoms with Gasteiger partial charge < -0.3 is 15.1 Å². The van der Waals surface area contributed by atoms with Crippen molar-refractivity contribution in [1.29, 1.82) is 0 Å².